The molecule has 4 rings (SSSR count). The fourth-order valence-corrected chi connectivity index (χ4v) is 3.39. The van der Waals surface area contributed by atoms with Gasteiger partial charge < -0.3 is 10.0 Å². The van der Waals surface area contributed by atoms with Crippen LogP contribution in [0, 0.1) is 0 Å². The van der Waals surface area contributed by atoms with Crippen LogP contribution in [0.1, 0.15) is 23.3 Å². The average Bonchev–Trinajstić information content (AvgIpc) is 3.16. The second kappa shape index (κ2) is 5.73. The van der Waals surface area contributed by atoms with Gasteiger partial charge in [0.25, 0.3) is 0 Å². The van der Waals surface area contributed by atoms with Crippen molar-refractivity contribution in [2.75, 3.05) is 11.4 Å². The van der Waals surface area contributed by atoms with E-state index in [2.05, 4.69) is 5.10 Å². The van der Waals surface area contributed by atoms with Crippen LogP contribution < -0.4 is 4.90 Å². The van der Waals surface area contributed by atoms with Gasteiger partial charge in [-0.25, -0.2) is 4.79 Å². The number of nitrogens with zero attached hydrogens (tertiary/aromatic N) is 3. The molecule has 0 bridgehead atoms. The van der Waals surface area contributed by atoms with Crippen LogP contribution in [0.15, 0.2) is 42.5 Å². The fraction of sp³-hybridized carbons (Fsp3) is 0.211. The number of carbonyl (C=O) groups excluding carboxylic acids is 1. The number of rotatable bonds is 3. The first kappa shape index (κ1) is 15.4. The minimum atomic E-state index is -0.989. The number of aromatic nitrogens is 2. The molecule has 0 saturated carbocycles. The van der Waals surface area contributed by atoms with Crippen LogP contribution in [0.3, 0.4) is 0 Å². The van der Waals surface area contributed by atoms with E-state index in [0.717, 1.165) is 29.8 Å². The third-order valence-electron chi connectivity index (χ3n) is 4.62. The number of hydrogen-bond acceptors (Lipinski definition) is 3. The SMILES string of the molecule is Cn1nc2cc(-c3ccc(N4CCCC4=O)cc3)ccc2c1C(=O)O. The smallest absolute Gasteiger partial charge is 0.354 e. The maximum atomic E-state index is 11.8. The molecule has 1 aromatic heterocycles. The highest BCUT2D eigenvalue weighted by molar-refractivity contribution is 6.02. The maximum absolute atomic E-state index is 11.8. The lowest BCUT2D eigenvalue weighted by atomic mass is 10.0. The first-order valence-corrected chi connectivity index (χ1v) is 8.15. The molecular formula is C19H17N3O3. The summed E-state index contributed by atoms with van der Waals surface area (Å²) in [6.07, 6.45) is 1.52. The maximum Gasteiger partial charge on any atom is 0.354 e. The number of hydrogen-bond donors (Lipinski definition) is 1. The van der Waals surface area contributed by atoms with Gasteiger partial charge in [0.05, 0.1) is 5.52 Å². The largest absolute Gasteiger partial charge is 0.477 e. The van der Waals surface area contributed by atoms with E-state index >= 15 is 0 Å². The summed E-state index contributed by atoms with van der Waals surface area (Å²) in [5.41, 5.74) is 3.71. The van der Waals surface area contributed by atoms with Crippen LogP contribution in [-0.4, -0.2) is 33.3 Å². The Morgan fingerprint density at radius 2 is 1.84 bits per heavy atom. The van der Waals surface area contributed by atoms with Crippen molar-refractivity contribution in [1.82, 2.24) is 9.78 Å². The van der Waals surface area contributed by atoms with E-state index in [1.165, 1.54) is 4.68 Å². The molecule has 126 valence electrons. The van der Waals surface area contributed by atoms with Gasteiger partial charge in [0.1, 0.15) is 0 Å². The highest BCUT2D eigenvalue weighted by Crippen LogP contribution is 2.28. The summed E-state index contributed by atoms with van der Waals surface area (Å²) in [6, 6.07) is 13.4. The number of carboxylic acid groups (broad SMARTS) is 1. The van der Waals surface area contributed by atoms with E-state index in [-0.39, 0.29) is 11.6 Å². The normalized spacial score (nSPS) is 14.4. The van der Waals surface area contributed by atoms with Crippen molar-refractivity contribution in [3.63, 3.8) is 0 Å². The zero-order chi connectivity index (χ0) is 17.6. The lowest BCUT2D eigenvalue weighted by Crippen LogP contribution is -2.23. The number of anilines is 1. The predicted molar refractivity (Wildman–Crippen MR) is 94.7 cm³/mol. The number of amides is 1. The predicted octanol–water partition coefficient (Wildman–Crippen LogP) is 3.07. The number of carboxylic acids is 1. The molecule has 25 heavy (non-hydrogen) atoms. The molecule has 2 heterocycles. The van der Waals surface area contributed by atoms with E-state index in [4.69, 9.17) is 0 Å². The summed E-state index contributed by atoms with van der Waals surface area (Å²) in [5, 5.41) is 14.2. The number of benzene rings is 2. The Balaban J connectivity index is 1.70. The van der Waals surface area contributed by atoms with E-state index in [0.29, 0.717) is 17.3 Å². The van der Waals surface area contributed by atoms with Crippen molar-refractivity contribution >= 4 is 28.5 Å². The van der Waals surface area contributed by atoms with Crippen LogP contribution in [0.4, 0.5) is 5.69 Å². The van der Waals surface area contributed by atoms with Gasteiger partial charge in [-0.15, -0.1) is 0 Å². The molecule has 1 saturated heterocycles. The highest BCUT2D eigenvalue weighted by Gasteiger charge is 2.21. The number of fused-ring (bicyclic) bond motifs is 1. The Morgan fingerprint density at radius 3 is 2.48 bits per heavy atom. The van der Waals surface area contributed by atoms with Gasteiger partial charge in [-0.1, -0.05) is 18.2 Å². The molecule has 3 aromatic rings. The van der Waals surface area contributed by atoms with Crippen molar-refractivity contribution in [3.8, 4) is 11.1 Å². The average molecular weight is 335 g/mol. The first-order valence-electron chi connectivity index (χ1n) is 8.15. The number of aryl methyl sites for hydroxylation is 1. The Hall–Kier alpha value is -3.15. The molecule has 0 aliphatic carbocycles. The molecular weight excluding hydrogens is 318 g/mol. The quantitative estimate of drug-likeness (QED) is 0.798. The summed E-state index contributed by atoms with van der Waals surface area (Å²) in [7, 11) is 1.63. The molecule has 1 aliphatic heterocycles. The van der Waals surface area contributed by atoms with Gasteiger partial charge in [0, 0.05) is 31.1 Å². The standard InChI is InChI=1S/C19H17N3O3/c1-21-18(19(24)25)15-9-6-13(11-16(15)20-21)12-4-7-14(8-5-12)22-10-2-3-17(22)23/h4-9,11H,2-3,10H2,1H3,(H,24,25). The zero-order valence-electron chi connectivity index (χ0n) is 13.8. The number of aromatic carboxylic acids is 1. The van der Waals surface area contributed by atoms with Gasteiger partial charge in [0.2, 0.25) is 5.91 Å². The molecule has 0 unspecified atom stereocenters. The second-order valence-corrected chi connectivity index (χ2v) is 6.21. The van der Waals surface area contributed by atoms with E-state index in [9.17, 15) is 14.7 Å². The molecule has 0 radical (unpaired) electrons. The van der Waals surface area contributed by atoms with Gasteiger partial charge in [-0.05, 0) is 41.8 Å². The monoisotopic (exact) mass is 335 g/mol. The van der Waals surface area contributed by atoms with Gasteiger partial charge in [0.15, 0.2) is 5.69 Å². The van der Waals surface area contributed by atoms with Crippen LogP contribution >= 0.6 is 0 Å². The van der Waals surface area contributed by atoms with E-state index < -0.39 is 5.97 Å². The Morgan fingerprint density at radius 1 is 1.12 bits per heavy atom. The van der Waals surface area contributed by atoms with Crippen molar-refractivity contribution in [2.24, 2.45) is 7.05 Å². The van der Waals surface area contributed by atoms with Gasteiger partial charge in [-0.3, -0.25) is 9.48 Å². The number of carbonyl (C=O) groups is 2. The first-order chi connectivity index (χ1) is 12.0. The minimum absolute atomic E-state index is 0.170. The lowest BCUT2D eigenvalue weighted by molar-refractivity contribution is -0.117. The Bertz CT molecular complexity index is 989. The van der Waals surface area contributed by atoms with Crippen molar-refractivity contribution in [2.45, 2.75) is 12.8 Å². The third kappa shape index (κ3) is 2.55. The molecule has 0 atom stereocenters. The molecule has 2 aromatic carbocycles. The molecule has 0 spiro atoms. The molecule has 1 amide bonds. The molecule has 1 fully saturated rings. The molecule has 1 aliphatic rings. The van der Waals surface area contributed by atoms with Crippen molar-refractivity contribution in [1.29, 1.82) is 0 Å². The summed E-state index contributed by atoms with van der Waals surface area (Å²) in [4.78, 5) is 25.0. The zero-order valence-corrected chi connectivity index (χ0v) is 13.8. The van der Waals surface area contributed by atoms with Crippen LogP contribution in [0.25, 0.3) is 22.0 Å². The second-order valence-electron chi connectivity index (χ2n) is 6.21. The van der Waals surface area contributed by atoms with Crippen LogP contribution in [-0.2, 0) is 11.8 Å². The Kier molecular flexibility index (Phi) is 3.53. The van der Waals surface area contributed by atoms with Crippen LogP contribution in [0.2, 0.25) is 0 Å². The summed E-state index contributed by atoms with van der Waals surface area (Å²) in [5.74, 6) is -0.818. The molecule has 6 nitrogen and oxygen atoms in total. The molecule has 1 N–H and O–H groups in total. The third-order valence-corrected chi connectivity index (χ3v) is 4.62. The molecule has 6 heteroatoms. The topological polar surface area (TPSA) is 75.4 Å². The van der Waals surface area contributed by atoms with Crippen LogP contribution in [0.5, 0.6) is 0 Å². The summed E-state index contributed by atoms with van der Waals surface area (Å²) < 4.78 is 1.39. The van der Waals surface area contributed by atoms with Gasteiger partial charge in [-0.2, -0.15) is 5.10 Å². The lowest BCUT2D eigenvalue weighted by Gasteiger charge is -2.16. The summed E-state index contributed by atoms with van der Waals surface area (Å²) >= 11 is 0. The fourth-order valence-electron chi connectivity index (χ4n) is 3.39. The Labute approximate surface area is 144 Å². The van der Waals surface area contributed by atoms with E-state index in [1.807, 2.05) is 41.3 Å². The highest BCUT2D eigenvalue weighted by atomic mass is 16.4. The van der Waals surface area contributed by atoms with E-state index in [1.54, 1.807) is 13.1 Å². The van der Waals surface area contributed by atoms with Crippen molar-refractivity contribution < 1.29 is 14.7 Å². The van der Waals surface area contributed by atoms with Crippen molar-refractivity contribution in [3.05, 3.63) is 48.2 Å². The summed E-state index contributed by atoms with van der Waals surface area (Å²) in [6.45, 7) is 0.774. The van der Waals surface area contributed by atoms with Gasteiger partial charge >= 0.3 is 5.97 Å². The minimum Gasteiger partial charge on any atom is -0.477 e.